The molecule has 0 aromatic rings. The molecule has 2 unspecified atom stereocenters. The Hall–Kier alpha value is -1.36. The van der Waals surface area contributed by atoms with E-state index in [4.69, 9.17) is 8.85 Å². The number of hydrogen-bond donors (Lipinski definition) is 0. The Balaban J connectivity index is 3.80. The van der Waals surface area contributed by atoms with Gasteiger partial charge in [0.05, 0.1) is 11.8 Å². The van der Waals surface area contributed by atoms with Crippen LogP contribution in [0.2, 0.25) is 0 Å². The molecule has 0 saturated carbocycles. The van der Waals surface area contributed by atoms with E-state index in [-0.39, 0.29) is 11.8 Å². The average molecular weight is 228 g/mol. The normalized spacial score (nSPS) is 14.3. The molecule has 0 radical (unpaired) electrons. The van der Waals surface area contributed by atoms with Gasteiger partial charge >= 0.3 is 21.9 Å². The molecule has 0 aliphatic heterocycles. The molecule has 4 nitrogen and oxygen atoms in total. The maximum Gasteiger partial charge on any atom is 0.432 e. The van der Waals surface area contributed by atoms with E-state index < -0.39 is 21.9 Å². The zero-order chi connectivity index (χ0) is 11.8. The maximum atomic E-state index is 11.1. The largest absolute Gasteiger partial charge is 0.489 e. The Bertz CT molecular complexity index is 236. The minimum absolute atomic E-state index is 0.368. The van der Waals surface area contributed by atoms with E-state index >= 15 is 0 Å². The summed E-state index contributed by atoms with van der Waals surface area (Å²) < 4.78 is 9.62. The van der Waals surface area contributed by atoms with Crippen molar-refractivity contribution in [3.8, 4) is 0 Å². The molecule has 0 saturated heterocycles. The van der Waals surface area contributed by atoms with E-state index in [1.54, 1.807) is 13.8 Å². The van der Waals surface area contributed by atoms with Crippen LogP contribution >= 0.6 is 0 Å². The molecule has 0 aliphatic rings. The fourth-order valence-corrected chi connectivity index (χ4v) is 1.42. The van der Waals surface area contributed by atoms with Crippen molar-refractivity contribution in [1.82, 2.24) is 0 Å². The maximum absolute atomic E-state index is 11.1. The summed E-state index contributed by atoms with van der Waals surface area (Å²) in [6, 6.07) is 0. The minimum atomic E-state index is -1.58. The molecule has 84 valence electrons. The van der Waals surface area contributed by atoms with Crippen molar-refractivity contribution in [2.75, 3.05) is 0 Å². The molecule has 0 fully saturated rings. The highest BCUT2D eigenvalue weighted by Gasteiger charge is 2.13. The summed E-state index contributed by atoms with van der Waals surface area (Å²) in [6.45, 7) is 10.2. The Morgan fingerprint density at radius 2 is 1.40 bits per heavy atom. The van der Waals surface area contributed by atoms with Crippen LogP contribution in [0.25, 0.3) is 0 Å². The smallest absolute Gasteiger partial charge is 0.432 e. The fraction of sp³-hybridized carbons (Fsp3) is 0.400. The van der Waals surface area contributed by atoms with Crippen LogP contribution in [0, 0.1) is 11.8 Å². The first kappa shape index (κ1) is 13.6. The molecule has 0 bridgehead atoms. The highest BCUT2D eigenvalue weighted by molar-refractivity contribution is 6.26. The molecule has 0 amide bonds. The van der Waals surface area contributed by atoms with Gasteiger partial charge in [0.15, 0.2) is 0 Å². The van der Waals surface area contributed by atoms with Crippen LogP contribution < -0.4 is 0 Å². The zero-order valence-electron chi connectivity index (χ0n) is 9.06. The van der Waals surface area contributed by atoms with Gasteiger partial charge in [-0.3, -0.25) is 9.59 Å². The van der Waals surface area contributed by atoms with E-state index in [0.29, 0.717) is 0 Å². The van der Waals surface area contributed by atoms with E-state index in [0.717, 1.165) is 0 Å². The monoisotopic (exact) mass is 228 g/mol. The second-order valence-electron chi connectivity index (χ2n) is 3.09. The standard InChI is InChI=1S/C10H16O4Si/c1-5-7(3)9(11)13-15-14-10(12)8(4)6-2/h5-8H,1-2,15H2,3-4H3. The van der Waals surface area contributed by atoms with Crippen molar-refractivity contribution in [2.24, 2.45) is 11.8 Å². The highest BCUT2D eigenvalue weighted by Crippen LogP contribution is 2.01. The predicted molar refractivity (Wildman–Crippen MR) is 59.5 cm³/mol. The molecule has 0 spiro atoms. The lowest BCUT2D eigenvalue weighted by molar-refractivity contribution is -0.141. The summed E-state index contributed by atoms with van der Waals surface area (Å²) in [5, 5.41) is 0. The van der Waals surface area contributed by atoms with Crippen molar-refractivity contribution in [3.63, 3.8) is 0 Å². The Morgan fingerprint density at radius 3 is 1.67 bits per heavy atom. The van der Waals surface area contributed by atoms with Crippen LogP contribution in [0.1, 0.15) is 13.8 Å². The molecule has 2 atom stereocenters. The van der Waals surface area contributed by atoms with Gasteiger partial charge in [0.2, 0.25) is 0 Å². The van der Waals surface area contributed by atoms with E-state index in [9.17, 15) is 9.59 Å². The molecule has 0 aromatic heterocycles. The van der Waals surface area contributed by atoms with E-state index in [2.05, 4.69) is 13.2 Å². The quantitative estimate of drug-likeness (QED) is 0.496. The van der Waals surface area contributed by atoms with Gasteiger partial charge in [0, 0.05) is 0 Å². The summed E-state index contributed by atoms with van der Waals surface area (Å²) in [6.07, 6.45) is 2.95. The van der Waals surface area contributed by atoms with E-state index in [1.165, 1.54) is 12.2 Å². The van der Waals surface area contributed by atoms with Gasteiger partial charge < -0.3 is 8.85 Å². The zero-order valence-corrected chi connectivity index (χ0v) is 10.5. The lowest BCUT2D eigenvalue weighted by Crippen LogP contribution is -2.22. The van der Waals surface area contributed by atoms with E-state index in [1.807, 2.05) is 0 Å². The average Bonchev–Trinajstić information content (AvgIpc) is 2.26. The summed E-state index contributed by atoms with van der Waals surface area (Å²) in [7, 11) is -1.58. The number of hydrogen-bond acceptors (Lipinski definition) is 4. The van der Waals surface area contributed by atoms with Crippen molar-refractivity contribution in [1.29, 1.82) is 0 Å². The highest BCUT2D eigenvalue weighted by atomic mass is 28.3. The Kier molecular flexibility index (Phi) is 6.36. The van der Waals surface area contributed by atoms with Crippen LogP contribution in [0.5, 0.6) is 0 Å². The summed E-state index contributed by atoms with van der Waals surface area (Å²) in [5.74, 6) is -1.55. The molecule has 0 N–H and O–H groups in total. The molecule has 5 heteroatoms. The summed E-state index contributed by atoms with van der Waals surface area (Å²) >= 11 is 0. The third-order valence-corrected chi connectivity index (χ3v) is 2.66. The first-order valence-electron chi connectivity index (χ1n) is 4.61. The van der Waals surface area contributed by atoms with Crippen LogP contribution in [-0.2, 0) is 18.4 Å². The Labute approximate surface area is 92.0 Å². The van der Waals surface area contributed by atoms with Crippen molar-refractivity contribution >= 4 is 21.9 Å². The molecular weight excluding hydrogens is 212 g/mol. The van der Waals surface area contributed by atoms with Gasteiger partial charge in [0.1, 0.15) is 0 Å². The third-order valence-electron chi connectivity index (χ3n) is 1.85. The third kappa shape index (κ3) is 5.17. The number of rotatable bonds is 6. The lowest BCUT2D eigenvalue weighted by Gasteiger charge is -2.09. The predicted octanol–water partition coefficient (Wildman–Crippen LogP) is 0.716. The SMILES string of the molecule is C=CC(C)C(=O)O[SiH2]OC(=O)C(C)C=C. The first-order chi connectivity index (χ1) is 7.02. The molecular formula is C10H16O4Si. The first-order valence-corrected chi connectivity index (χ1v) is 5.76. The van der Waals surface area contributed by atoms with Crippen LogP contribution in [-0.4, -0.2) is 21.9 Å². The van der Waals surface area contributed by atoms with Crippen LogP contribution in [0.3, 0.4) is 0 Å². The Morgan fingerprint density at radius 1 is 1.07 bits per heavy atom. The van der Waals surface area contributed by atoms with Gasteiger partial charge in [-0.15, -0.1) is 13.2 Å². The topological polar surface area (TPSA) is 52.6 Å². The number of carbonyl (C=O) groups excluding carboxylic acids is 2. The minimum Gasteiger partial charge on any atom is -0.489 e. The van der Waals surface area contributed by atoms with Crippen molar-refractivity contribution in [2.45, 2.75) is 13.8 Å². The van der Waals surface area contributed by atoms with Gasteiger partial charge in [-0.05, 0) is 13.8 Å². The second kappa shape index (κ2) is 7.00. The molecule has 0 rings (SSSR count). The van der Waals surface area contributed by atoms with Crippen LogP contribution in [0.4, 0.5) is 0 Å². The number of carbonyl (C=O) groups is 2. The lowest BCUT2D eigenvalue weighted by atomic mass is 10.2. The van der Waals surface area contributed by atoms with Gasteiger partial charge in [-0.1, -0.05) is 12.2 Å². The molecule has 0 aromatic carbocycles. The second-order valence-corrected chi connectivity index (χ2v) is 3.91. The molecule has 0 aliphatic carbocycles. The summed E-state index contributed by atoms with van der Waals surface area (Å²) in [5.41, 5.74) is 0. The molecule has 0 heterocycles. The van der Waals surface area contributed by atoms with Gasteiger partial charge in [-0.25, -0.2) is 0 Å². The summed E-state index contributed by atoms with van der Waals surface area (Å²) in [4.78, 5) is 22.2. The fourth-order valence-electron chi connectivity index (χ4n) is 0.601. The van der Waals surface area contributed by atoms with Gasteiger partial charge in [-0.2, -0.15) is 0 Å². The van der Waals surface area contributed by atoms with Crippen molar-refractivity contribution < 1.29 is 18.4 Å². The van der Waals surface area contributed by atoms with Gasteiger partial charge in [0.25, 0.3) is 0 Å². The molecule has 15 heavy (non-hydrogen) atoms. The van der Waals surface area contributed by atoms with Crippen molar-refractivity contribution in [3.05, 3.63) is 25.3 Å². The van der Waals surface area contributed by atoms with Crippen LogP contribution in [0.15, 0.2) is 25.3 Å².